The topological polar surface area (TPSA) is 70.1 Å². The lowest BCUT2D eigenvalue weighted by atomic mass is 9.93. The lowest BCUT2D eigenvalue weighted by molar-refractivity contribution is 0.331. The van der Waals surface area contributed by atoms with E-state index in [9.17, 15) is 4.39 Å². The van der Waals surface area contributed by atoms with Crippen molar-refractivity contribution < 1.29 is 4.39 Å². The molecule has 188 valence electrons. The van der Waals surface area contributed by atoms with Gasteiger partial charge in [0, 0.05) is 48.4 Å². The molecule has 0 amide bonds. The zero-order chi connectivity index (χ0) is 25.5. The second kappa shape index (κ2) is 9.58. The maximum atomic E-state index is 13.9. The second-order valence-corrected chi connectivity index (χ2v) is 10.1. The van der Waals surface area contributed by atoms with E-state index in [2.05, 4.69) is 44.1 Å². The maximum Gasteiger partial charge on any atom is 0.157 e. The summed E-state index contributed by atoms with van der Waals surface area (Å²) in [4.78, 5) is 24.7. The summed E-state index contributed by atoms with van der Waals surface area (Å²) >= 11 is 0. The van der Waals surface area contributed by atoms with E-state index in [-0.39, 0.29) is 5.82 Å². The summed E-state index contributed by atoms with van der Waals surface area (Å²) in [7, 11) is 0. The molecular weight excluding hydrogens is 475 g/mol. The highest BCUT2D eigenvalue weighted by Gasteiger charge is 2.21. The van der Waals surface area contributed by atoms with Crippen LogP contribution in [0.25, 0.3) is 33.3 Å². The van der Waals surface area contributed by atoms with Crippen LogP contribution in [-0.4, -0.2) is 50.2 Å². The van der Waals surface area contributed by atoms with Gasteiger partial charge in [0.1, 0.15) is 11.5 Å². The van der Waals surface area contributed by atoms with Crippen LogP contribution in [0, 0.1) is 5.82 Å². The summed E-state index contributed by atoms with van der Waals surface area (Å²) in [5, 5.41) is 0. The summed E-state index contributed by atoms with van der Waals surface area (Å²) in [6, 6.07) is 15.4. The summed E-state index contributed by atoms with van der Waals surface area (Å²) in [6.07, 6.45) is 10.9. The predicted octanol–water partition coefficient (Wildman–Crippen LogP) is 5.82. The number of hydrogen-bond acceptors (Lipinski definition) is 5. The lowest BCUT2D eigenvalue weighted by Gasteiger charge is -2.18. The van der Waals surface area contributed by atoms with Gasteiger partial charge in [-0.1, -0.05) is 24.3 Å². The molecule has 2 aliphatic rings. The molecule has 5 heterocycles. The number of hydrogen-bond donors (Lipinski definition) is 1. The van der Waals surface area contributed by atoms with E-state index in [0.717, 1.165) is 70.6 Å². The van der Waals surface area contributed by atoms with E-state index in [1.165, 1.54) is 36.1 Å². The molecule has 3 aromatic heterocycles. The third kappa shape index (κ3) is 4.29. The van der Waals surface area contributed by atoms with Crippen LogP contribution in [0.3, 0.4) is 0 Å². The Hall–Kier alpha value is -4.23. The van der Waals surface area contributed by atoms with Gasteiger partial charge in [-0.2, -0.15) is 0 Å². The fourth-order valence-corrected chi connectivity index (χ4v) is 5.61. The first-order valence-electron chi connectivity index (χ1n) is 13.2. The molecule has 2 aromatic carbocycles. The molecule has 0 atom stereocenters. The molecular formula is C31H27FN6. The van der Waals surface area contributed by atoms with Gasteiger partial charge in [-0.25, -0.2) is 9.37 Å². The Kier molecular flexibility index (Phi) is 5.78. The van der Waals surface area contributed by atoms with E-state index >= 15 is 0 Å². The van der Waals surface area contributed by atoms with Crippen molar-refractivity contribution >= 4 is 16.7 Å². The number of nitrogens with zero attached hydrogens (tertiary/aromatic N) is 5. The molecule has 0 bridgehead atoms. The molecule has 0 spiro atoms. The molecule has 0 radical (unpaired) electrons. The Bertz CT molecular complexity index is 1680. The summed E-state index contributed by atoms with van der Waals surface area (Å²) in [6.45, 7) is 3.98. The maximum absolute atomic E-state index is 13.9. The summed E-state index contributed by atoms with van der Waals surface area (Å²) in [5.41, 5.74) is 9.73. The molecule has 38 heavy (non-hydrogen) atoms. The Morgan fingerprint density at radius 2 is 1.74 bits per heavy atom. The van der Waals surface area contributed by atoms with Crippen molar-refractivity contribution in [3.63, 3.8) is 0 Å². The molecule has 2 aliphatic heterocycles. The van der Waals surface area contributed by atoms with Crippen molar-refractivity contribution in [3.8, 4) is 22.3 Å². The van der Waals surface area contributed by atoms with Gasteiger partial charge in [-0.05, 0) is 78.9 Å². The van der Waals surface area contributed by atoms with Gasteiger partial charge >= 0.3 is 0 Å². The largest absolute Gasteiger partial charge is 0.335 e. The van der Waals surface area contributed by atoms with E-state index < -0.39 is 0 Å². The third-order valence-electron chi connectivity index (χ3n) is 7.50. The number of aliphatic imine (C=N–C) groups is 1. The predicted molar refractivity (Wildman–Crippen MR) is 148 cm³/mol. The molecule has 7 heteroatoms. The molecule has 5 aromatic rings. The first-order chi connectivity index (χ1) is 18.7. The van der Waals surface area contributed by atoms with Crippen molar-refractivity contribution in [1.82, 2.24) is 24.8 Å². The number of imidazole rings is 1. The molecule has 6 nitrogen and oxygen atoms in total. The van der Waals surface area contributed by atoms with E-state index in [0.29, 0.717) is 12.4 Å². The van der Waals surface area contributed by atoms with Crippen LogP contribution in [0.5, 0.6) is 0 Å². The SMILES string of the molecule is Fc1cccc(-c2cncc3[nH]c(C4=NCCc5ccc(-c6cncc(CN7CCCC7)c6)cc54)nc23)c1. The van der Waals surface area contributed by atoms with Crippen LogP contribution >= 0.6 is 0 Å². The standard InChI is InChI=1S/C31H27FN6/c32-25-5-3-4-23(13-25)27-17-34-18-28-29(27)37-31(36-28)30-26-14-22(7-6-21(26)8-9-35-30)24-12-20(15-33-16-24)19-38-10-1-2-11-38/h3-7,12-18H,1-2,8-11,19H2,(H,36,37). The first kappa shape index (κ1) is 22.9. The zero-order valence-corrected chi connectivity index (χ0v) is 21.0. The van der Waals surface area contributed by atoms with Crippen molar-refractivity contribution in [1.29, 1.82) is 0 Å². The van der Waals surface area contributed by atoms with Crippen molar-refractivity contribution in [2.24, 2.45) is 4.99 Å². The summed E-state index contributed by atoms with van der Waals surface area (Å²) in [5.74, 6) is 0.414. The third-order valence-corrected chi connectivity index (χ3v) is 7.50. The van der Waals surface area contributed by atoms with Crippen molar-refractivity contribution in [2.45, 2.75) is 25.8 Å². The zero-order valence-electron chi connectivity index (χ0n) is 21.0. The van der Waals surface area contributed by atoms with Crippen LogP contribution in [0.1, 0.15) is 35.4 Å². The number of halogens is 1. The Labute approximate surface area is 220 Å². The molecule has 0 unspecified atom stereocenters. The van der Waals surface area contributed by atoms with E-state index in [1.54, 1.807) is 18.5 Å². The Balaban J connectivity index is 1.26. The number of benzene rings is 2. The van der Waals surface area contributed by atoms with E-state index in [4.69, 9.17) is 9.98 Å². The molecule has 1 fully saturated rings. The second-order valence-electron chi connectivity index (χ2n) is 10.1. The minimum Gasteiger partial charge on any atom is -0.335 e. The quantitative estimate of drug-likeness (QED) is 0.329. The Morgan fingerprint density at radius 3 is 2.63 bits per heavy atom. The van der Waals surface area contributed by atoms with Crippen LogP contribution in [0.2, 0.25) is 0 Å². The van der Waals surface area contributed by atoms with Crippen LogP contribution in [0.15, 0.2) is 78.3 Å². The molecule has 1 N–H and O–H groups in total. The van der Waals surface area contributed by atoms with Crippen LogP contribution < -0.4 is 0 Å². The number of rotatable bonds is 5. The van der Waals surface area contributed by atoms with Crippen LogP contribution in [-0.2, 0) is 13.0 Å². The number of nitrogens with one attached hydrogen (secondary N) is 1. The van der Waals surface area contributed by atoms with Gasteiger partial charge in [0.15, 0.2) is 5.82 Å². The number of aromatic amines is 1. The van der Waals surface area contributed by atoms with Crippen molar-refractivity contribution in [2.75, 3.05) is 19.6 Å². The fourth-order valence-electron chi connectivity index (χ4n) is 5.61. The first-order valence-corrected chi connectivity index (χ1v) is 13.2. The minimum atomic E-state index is -0.285. The number of likely N-dealkylation sites (tertiary alicyclic amines) is 1. The molecule has 1 saturated heterocycles. The highest BCUT2D eigenvalue weighted by molar-refractivity contribution is 6.14. The normalized spacial score (nSPS) is 15.6. The van der Waals surface area contributed by atoms with E-state index in [1.807, 2.05) is 18.5 Å². The highest BCUT2D eigenvalue weighted by Crippen LogP contribution is 2.30. The number of aromatic nitrogens is 4. The van der Waals surface area contributed by atoms with Crippen molar-refractivity contribution in [3.05, 3.63) is 102 Å². The van der Waals surface area contributed by atoms with Gasteiger partial charge < -0.3 is 4.98 Å². The fraction of sp³-hybridized carbons (Fsp3) is 0.226. The molecule has 0 saturated carbocycles. The summed E-state index contributed by atoms with van der Waals surface area (Å²) < 4.78 is 13.9. The Morgan fingerprint density at radius 1 is 0.842 bits per heavy atom. The van der Waals surface area contributed by atoms with Gasteiger partial charge in [0.2, 0.25) is 0 Å². The average Bonchev–Trinajstić information content (AvgIpc) is 3.62. The van der Waals surface area contributed by atoms with Gasteiger partial charge in [-0.15, -0.1) is 0 Å². The minimum absolute atomic E-state index is 0.285. The number of H-pyrrole nitrogens is 1. The lowest BCUT2D eigenvalue weighted by Crippen LogP contribution is -2.18. The highest BCUT2D eigenvalue weighted by atomic mass is 19.1. The number of fused-ring (bicyclic) bond motifs is 2. The van der Waals surface area contributed by atoms with Gasteiger partial charge in [0.25, 0.3) is 0 Å². The molecule has 0 aliphatic carbocycles. The van der Waals surface area contributed by atoms with Gasteiger partial charge in [0.05, 0.1) is 17.2 Å². The molecule has 7 rings (SSSR count). The average molecular weight is 503 g/mol. The number of pyridine rings is 2. The monoisotopic (exact) mass is 502 g/mol. The smallest absolute Gasteiger partial charge is 0.157 e. The van der Waals surface area contributed by atoms with Crippen LogP contribution in [0.4, 0.5) is 4.39 Å². The van der Waals surface area contributed by atoms with Gasteiger partial charge in [-0.3, -0.25) is 19.9 Å².